The van der Waals surface area contributed by atoms with Gasteiger partial charge in [0.05, 0.1) is 17.1 Å². The summed E-state index contributed by atoms with van der Waals surface area (Å²) in [5.41, 5.74) is -1.63. The first-order valence-corrected chi connectivity index (χ1v) is 13.3. The van der Waals surface area contributed by atoms with E-state index in [9.17, 15) is 34.0 Å². The van der Waals surface area contributed by atoms with Crippen molar-refractivity contribution in [1.82, 2.24) is 9.97 Å². The van der Waals surface area contributed by atoms with E-state index in [-0.39, 0.29) is 42.3 Å². The van der Waals surface area contributed by atoms with E-state index in [1.165, 1.54) is 12.1 Å². The molecule has 6 unspecified atom stereocenters. The number of ether oxygens (including phenoxy) is 1. The van der Waals surface area contributed by atoms with Crippen molar-refractivity contribution >= 4 is 18.6 Å². The number of H-pyrrole nitrogens is 1. The van der Waals surface area contributed by atoms with Gasteiger partial charge in [0, 0.05) is 17.7 Å². The number of hydrogen-bond donors (Lipinski definition) is 5. The van der Waals surface area contributed by atoms with Crippen LogP contribution in [0.15, 0.2) is 16.9 Å². The Hall–Kier alpha value is -1.72. The summed E-state index contributed by atoms with van der Waals surface area (Å²) in [5.74, 6) is -0.612. The van der Waals surface area contributed by atoms with Crippen molar-refractivity contribution in [3.8, 4) is 0 Å². The van der Waals surface area contributed by atoms with Crippen molar-refractivity contribution in [2.24, 2.45) is 0 Å². The lowest BCUT2D eigenvalue weighted by atomic mass is 9.92. The van der Waals surface area contributed by atoms with Crippen LogP contribution in [0.5, 0.6) is 0 Å². The van der Waals surface area contributed by atoms with E-state index in [0.717, 1.165) is 0 Å². The minimum atomic E-state index is -4.51. The van der Waals surface area contributed by atoms with Crippen LogP contribution in [0.2, 0.25) is 0 Å². The van der Waals surface area contributed by atoms with E-state index >= 15 is 0 Å². The molecule has 3 rings (SSSR count). The summed E-state index contributed by atoms with van der Waals surface area (Å²) in [7, 11) is -4.51. The molecule has 10 nitrogen and oxygen atoms in total. The molecule has 196 valence electrons. The molecule has 1 saturated heterocycles. The lowest BCUT2D eigenvalue weighted by Crippen LogP contribution is -2.40. The fraction of sp³-hybridized carbons (Fsp3) is 0.652. The number of fused-ring (bicyclic) bond motifs is 1. The van der Waals surface area contributed by atoms with Crippen LogP contribution < -0.4 is 5.56 Å². The van der Waals surface area contributed by atoms with E-state index in [1.807, 2.05) is 0 Å². The lowest BCUT2D eigenvalue weighted by molar-refractivity contribution is -0.0544. The quantitative estimate of drug-likeness (QED) is 0.316. The molecule has 0 bridgehead atoms. The van der Waals surface area contributed by atoms with E-state index < -0.39 is 54.3 Å². The lowest BCUT2D eigenvalue weighted by Gasteiger charge is -2.38. The third kappa shape index (κ3) is 5.22. The fourth-order valence-corrected chi connectivity index (χ4v) is 6.14. The summed E-state index contributed by atoms with van der Waals surface area (Å²) >= 11 is 0. The Morgan fingerprint density at radius 3 is 2.40 bits per heavy atom. The Bertz CT molecular complexity index is 1190. The SMILES string of the molecule is CCC(C)(CC1OC(c2cc3c(F)cc(C)nc3[nH]c2=O)C(O)C1O)OP(=O)(O)C(O)(CC)CC. The van der Waals surface area contributed by atoms with Crippen LogP contribution >= 0.6 is 7.60 Å². The van der Waals surface area contributed by atoms with Gasteiger partial charge in [-0.05, 0) is 45.2 Å². The highest BCUT2D eigenvalue weighted by Gasteiger charge is 2.51. The maximum absolute atomic E-state index is 14.5. The van der Waals surface area contributed by atoms with Crippen molar-refractivity contribution in [2.45, 2.75) is 95.7 Å². The maximum atomic E-state index is 14.5. The van der Waals surface area contributed by atoms with Gasteiger partial charge in [-0.3, -0.25) is 9.36 Å². The van der Waals surface area contributed by atoms with Crippen molar-refractivity contribution < 1.29 is 38.4 Å². The number of hydrogen-bond acceptors (Lipinski definition) is 8. The zero-order valence-electron chi connectivity index (χ0n) is 20.5. The standard InChI is InChI=1S/C23H34FN2O8P/c1-6-22(5,34-35(31,32)23(30,7-2)8-3)11-16-17(27)18(28)19(33-16)14-10-13-15(24)9-12(4)25-20(13)26-21(14)29/h9-10,16-19,27-28,30H,6-8,11H2,1-5H3,(H,31,32)(H,25,26,29). The van der Waals surface area contributed by atoms with Crippen LogP contribution in [0.3, 0.4) is 0 Å². The number of aromatic amines is 1. The molecule has 5 N–H and O–H groups in total. The molecule has 1 aliphatic rings. The third-order valence-corrected chi connectivity index (χ3v) is 9.36. The summed E-state index contributed by atoms with van der Waals surface area (Å²) < 4.78 is 38.8. The monoisotopic (exact) mass is 516 g/mol. The molecule has 12 heteroatoms. The summed E-state index contributed by atoms with van der Waals surface area (Å²) in [4.78, 5) is 29.8. The molecule has 0 aliphatic carbocycles. The van der Waals surface area contributed by atoms with Crippen molar-refractivity contribution in [3.63, 3.8) is 0 Å². The number of rotatable bonds is 9. The Morgan fingerprint density at radius 2 is 1.83 bits per heavy atom. The number of aryl methyl sites for hydroxylation is 1. The van der Waals surface area contributed by atoms with E-state index in [0.29, 0.717) is 5.69 Å². The van der Waals surface area contributed by atoms with Crippen LogP contribution in [0, 0.1) is 12.7 Å². The van der Waals surface area contributed by atoms with Gasteiger partial charge in [-0.1, -0.05) is 20.8 Å². The van der Waals surface area contributed by atoms with Gasteiger partial charge in [-0.15, -0.1) is 0 Å². The number of nitrogens with zero attached hydrogens (tertiary/aromatic N) is 1. The van der Waals surface area contributed by atoms with Crippen LogP contribution in [0.1, 0.15) is 70.7 Å². The van der Waals surface area contributed by atoms with Crippen LogP contribution in [0.25, 0.3) is 11.0 Å². The Balaban J connectivity index is 1.89. The minimum absolute atomic E-state index is 0.00387. The summed E-state index contributed by atoms with van der Waals surface area (Å²) in [6, 6.07) is 2.44. The molecular formula is C23H34FN2O8P. The largest absolute Gasteiger partial charge is 0.388 e. The highest BCUT2D eigenvalue weighted by molar-refractivity contribution is 7.54. The molecule has 2 aromatic heterocycles. The molecule has 1 fully saturated rings. The van der Waals surface area contributed by atoms with Gasteiger partial charge < -0.3 is 34.5 Å². The van der Waals surface area contributed by atoms with Crippen LogP contribution in [0.4, 0.5) is 4.39 Å². The molecule has 2 aromatic rings. The summed E-state index contributed by atoms with van der Waals surface area (Å²) in [6.07, 6.45) is -5.24. The molecule has 0 spiro atoms. The second-order valence-electron chi connectivity index (χ2n) is 9.45. The molecule has 0 aromatic carbocycles. The van der Waals surface area contributed by atoms with Gasteiger partial charge in [0.15, 0.2) is 5.34 Å². The van der Waals surface area contributed by atoms with Gasteiger partial charge in [0.2, 0.25) is 0 Å². The van der Waals surface area contributed by atoms with Crippen LogP contribution in [-0.2, 0) is 13.8 Å². The van der Waals surface area contributed by atoms with Gasteiger partial charge in [0.25, 0.3) is 5.56 Å². The van der Waals surface area contributed by atoms with Gasteiger partial charge in [0.1, 0.15) is 29.8 Å². The molecular weight excluding hydrogens is 482 g/mol. The molecule has 6 atom stereocenters. The number of halogens is 1. The minimum Gasteiger partial charge on any atom is -0.388 e. The molecule has 0 amide bonds. The molecule has 35 heavy (non-hydrogen) atoms. The average Bonchev–Trinajstić information content (AvgIpc) is 3.05. The Morgan fingerprint density at radius 1 is 1.20 bits per heavy atom. The third-order valence-electron chi connectivity index (χ3n) is 6.98. The van der Waals surface area contributed by atoms with Crippen molar-refractivity contribution in [2.75, 3.05) is 0 Å². The first-order chi connectivity index (χ1) is 16.2. The van der Waals surface area contributed by atoms with Crippen LogP contribution in [-0.4, -0.2) is 59.4 Å². The smallest absolute Gasteiger partial charge is 0.359 e. The fourth-order valence-electron chi connectivity index (χ4n) is 4.37. The number of aromatic nitrogens is 2. The highest BCUT2D eigenvalue weighted by atomic mass is 31.2. The maximum Gasteiger partial charge on any atom is 0.359 e. The van der Waals surface area contributed by atoms with E-state index in [2.05, 4.69) is 9.97 Å². The number of nitrogens with one attached hydrogen (secondary N) is 1. The van der Waals surface area contributed by atoms with Gasteiger partial charge in [-0.2, -0.15) is 0 Å². The topological polar surface area (TPSA) is 162 Å². The van der Waals surface area contributed by atoms with E-state index in [1.54, 1.807) is 34.6 Å². The number of pyridine rings is 2. The first kappa shape index (κ1) is 27.9. The number of aliphatic hydroxyl groups excluding tert-OH is 2. The average molecular weight is 517 g/mol. The normalized spacial score (nSPS) is 26.6. The van der Waals surface area contributed by atoms with Crippen molar-refractivity contribution in [3.05, 3.63) is 39.6 Å². The Kier molecular flexibility index (Phi) is 7.94. The summed E-state index contributed by atoms with van der Waals surface area (Å²) in [6.45, 7) is 7.98. The predicted octanol–water partition coefficient (Wildman–Crippen LogP) is 2.80. The molecule has 1 aliphatic heterocycles. The van der Waals surface area contributed by atoms with E-state index in [4.69, 9.17) is 9.26 Å². The molecule has 0 radical (unpaired) electrons. The van der Waals surface area contributed by atoms with Gasteiger partial charge >= 0.3 is 7.60 Å². The first-order valence-electron chi connectivity index (χ1n) is 11.7. The second-order valence-corrected chi connectivity index (χ2v) is 11.5. The Labute approximate surface area is 202 Å². The zero-order valence-corrected chi connectivity index (χ0v) is 21.4. The highest BCUT2D eigenvalue weighted by Crippen LogP contribution is 2.60. The predicted molar refractivity (Wildman–Crippen MR) is 126 cm³/mol. The zero-order chi connectivity index (χ0) is 26.3. The summed E-state index contributed by atoms with van der Waals surface area (Å²) in [5, 5.41) is 30.0. The number of aliphatic hydroxyl groups is 3. The molecule has 0 saturated carbocycles. The van der Waals surface area contributed by atoms with Gasteiger partial charge in [-0.25, -0.2) is 9.37 Å². The molecule has 3 heterocycles. The van der Waals surface area contributed by atoms with Crippen molar-refractivity contribution in [1.29, 1.82) is 0 Å². The second kappa shape index (κ2) is 9.97.